The molecule has 184 valence electrons. The summed E-state index contributed by atoms with van der Waals surface area (Å²) in [7, 11) is 0. The maximum Gasteiger partial charge on any atom is 0.328 e. The Kier molecular flexibility index (Phi) is 7.27. The Hall–Kier alpha value is -3.57. The minimum Gasteiger partial charge on any atom is -0.478 e. The molecule has 0 radical (unpaired) electrons. The number of nitrogens with zero attached hydrogens (tertiary/aromatic N) is 4. The summed E-state index contributed by atoms with van der Waals surface area (Å²) < 4.78 is 1.41. The number of thiazole rings is 1. The van der Waals surface area contributed by atoms with Gasteiger partial charge in [-0.05, 0) is 36.1 Å². The van der Waals surface area contributed by atoms with Gasteiger partial charge in [-0.25, -0.2) is 14.8 Å². The van der Waals surface area contributed by atoms with Gasteiger partial charge in [0.15, 0.2) is 0 Å². The number of carboxylic acids is 1. The van der Waals surface area contributed by atoms with Gasteiger partial charge in [0.05, 0.1) is 16.3 Å². The van der Waals surface area contributed by atoms with Crippen molar-refractivity contribution in [3.05, 3.63) is 62.0 Å². The molecule has 4 heterocycles. The smallest absolute Gasteiger partial charge is 0.328 e. The molecular formula is C24H28N6O4S. The van der Waals surface area contributed by atoms with Gasteiger partial charge in [-0.15, -0.1) is 11.3 Å². The average Bonchev–Trinajstić information content (AvgIpc) is 3.31. The number of piperazine rings is 1. The average molecular weight is 497 g/mol. The second-order valence-corrected chi connectivity index (χ2v) is 9.71. The Balaban J connectivity index is 1.69. The minimum absolute atomic E-state index is 0.145. The zero-order chi connectivity index (χ0) is 25.1. The van der Waals surface area contributed by atoms with Crippen molar-refractivity contribution >= 4 is 40.8 Å². The van der Waals surface area contributed by atoms with Gasteiger partial charge in [-0.3, -0.25) is 14.0 Å². The van der Waals surface area contributed by atoms with Gasteiger partial charge in [0.25, 0.3) is 5.56 Å². The van der Waals surface area contributed by atoms with Crippen LogP contribution in [0.1, 0.15) is 41.6 Å². The van der Waals surface area contributed by atoms with Crippen molar-refractivity contribution in [2.45, 2.75) is 38.6 Å². The van der Waals surface area contributed by atoms with E-state index in [2.05, 4.69) is 29.5 Å². The molecule has 3 aromatic heterocycles. The normalized spacial score (nSPS) is 16.4. The Morgan fingerprint density at radius 1 is 1.34 bits per heavy atom. The van der Waals surface area contributed by atoms with E-state index in [-0.39, 0.29) is 17.7 Å². The summed E-state index contributed by atoms with van der Waals surface area (Å²) in [4.78, 5) is 47.4. The lowest BCUT2D eigenvalue weighted by atomic mass is 10.1. The Labute approximate surface area is 206 Å². The molecule has 0 bridgehead atoms. The number of primary amides is 1. The highest BCUT2D eigenvalue weighted by Gasteiger charge is 2.27. The molecule has 4 rings (SSSR count). The highest BCUT2D eigenvalue weighted by Crippen LogP contribution is 2.22. The van der Waals surface area contributed by atoms with Crippen LogP contribution in [0.4, 0.5) is 5.82 Å². The summed E-state index contributed by atoms with van der Waals surface area (Å²) in [6.07, 6.45) is 5.35. The van der Waals surface area contributed by atoms with Crippen LogP contribution in [0.25, 0.3) is 11.7 Å². The molecule has 1 unspecified atom stereocenters. The number of pyridine rings is 1. The minimum atomic E-state index is -1.17. The molecule has 1 aliphatic heterocycles. The van der Waals surface area contributed by atoms with E-state index in [1.807, 2.05) is 12.1 Å². The van der Waals surface area contributed by atoms with Gasteiger partial charge in [-0.2, -0.15) is 0 Å². The van der Waals surface area contributed by atoms with Crippen LogP contribution in [0.2, 0.25) is 0 Å². The van der Waals surface area contributed by atoms with Crippen molar-refractivity contribution in [2.75, 3.05) is 24.5 Å². The summed E-state index contributed by atoms with van der Waals surface area (Å²) in [5.74, 6) is -0.952. The molecule has 0 saturated carbocycles. The summed E-state index contributed by atoms with van der Waals surface area (Å²) in [5, 5.41) is 15.3. The van der Waals surface area contributed by atoms with Crippen LogP contribution in [0.15, 0.2) is 34.6 Å². The number of carbonyl (C=O) groups excluding carboxylic acids is 1. The van der Waals surface area contributed by atoms with Crippen LogP contribution < -0.4 is 21.5 Å². The molecule has 4 N–H and O–H groups in total. The number of rotatable bonds is 8. The highest BCUT2D eigenvalue weighted by molar-refractivity contribution is 7.09. The molecule has 1 saturated heterocycles. The summed E-state index contributed by atoms with van der Waals surface area (Å²) in [6.45, 7) is 5.43. The number of amides is 1. The summed E-state index contributed by atoms with van der Waals surface area (Å²) in [5.41, 5.74) is 7.78. The predicted molar refractivity (Wildman–Crippen MR) is 135 cm³/mol. The molecule has 1 amide bonds. The zero-order valence-electron chi connectivity index (χ0n) is 19.6. The van der Waals surface area contributed by atoms with Gasteiger partial charge in [0, 0.05) is 43.7 Å². The van der Waals surface area contributed by atoms with Crippen LogP contribution in [0, 0.1) is 0 Å². The number of anilines is 1. The van der Waals surface area contributed by atoms with E-state index in [1.165, 1.54) is 10.5 Å². The van der Waals surface area contributed by atoms with E-state index < -0.39 is 17.9 Å². The maximum absolute atomic E-state index is 13.3. The number of hydrogen-bond donors (Lipinski definition) is 3. The first-order chi connectivity index (χ1) is 16.7. The van der Waals surface area contributed by atoms with Gasteiger partial charge in [0.1, 0.15) is 17.5 Å². The number of carboxylic acid groups (broad SMARTS) is 1. The number of aliphatic carboxylic acids is 1. The van der Waals surface area contributed by atoms with Crippen molar-refractivity contribution < 1.29 is 14.7 Å². The fourth-order valence-corrected chi connectivity index (χ4v) is 4.93. The van der Waals surface area contributed by atoms with Crippen LogP contribution >= 0.6 is 11.3 Å². The first-order valence-electron chi connectivity index (χ1n) is 11.4. The van der Waals surface area contributed by atoms with E-state index in [4.69, 9.17) is 15.8 Å². The van der Waals surface area contributed by atoms with Crippen molar-refractivity contribution in [2.24, 2.45) is 5.73 Å². The number of nitrogens with two attached hydrogens (primary N) is 1. The van der Waals surface area contributed by atoms with E-state index >= 15 is 0 Å². The van der Waals surface area contributed by atoms with E-state index in [9.17, 15) is 14.4 Å². The molecule has 1 fully saturated rings. The predicted octanol–water partition coefficient (Wildman–Crippen LogP) is 1.42. The largest absolute Gasteiger partial charge is 0.478 e. The second kappa shape index (κ2) is 10.4. The zero-order valence-corrected chi connectivity index (χ0v) is 20.4. The van der Waals surface area contributed by atoms with Gasteiger partial charge >= 0.3 is 5.97 Å². The highest BCUT2D eigenvalue weighted by atomic mass is 32.1. The molecule has 35 heavy (non-hydrogen) atoms. The fourth-order valence-electron chi connectivity index (χ4n) is 3.97. The number of fused-ring (bicyclic) bond motifs is 1. The van der Waals surface area contributed by atoms with Crippen LogP contribution in [0.5, 0.6) is 0 Å². The van der Waals surface area contributed by atoms with Crippen molar-refractivity contribution in [3.63, 3.8) is 0 Å². The Morgan fingerprint density at radius 2 is 2.14 bits per heavy atom. The van der Waals surface area contributed by atoms with Crippen molar-refractivity contribution in [1.82, 2.24) is 19.7 Å². The number of aryl methyl sites for hydroxylation is 2. The monoisotopic (exact) mass is 496 g/mol. The molecule has 0 spiro atoms. The lowest BCUT2D eigenvalue weighted by Crippen LogP contribution is -2.56. The fraction of sp³-hybridized carbons (Fsp3) is 0.375. The third-order valence-corrected chi connectivity index (χ3v) is 6.84. The number of carbonyl (C=O) groups is 2. The molecule has 0 aromatic carbocycles. The molecular weight excluding hydrogens is 468 g/mol. The quantitative estimate of drug-likeness (QED) is 0.398. The van der Waals surface area contributed by atoms with Gasteiger partial charge in [-0.1, -0.05) is 13.8 Å². The lowest BCUT2D eigenvalue weighted by Gasteiger charge is -2.33. The first kappa shape index (κ1) is 24.6. The lowest BCUT2D eigenvalue weighted by molar-refractivity contribution is -0.131. The molecule has 1 atom stereocenters. The molecule has 10 nitrogen and oxygen atoms in total. The van der Waals surface area contributed by atoms with Crippen molar-refractivity contribution in [1.29, 1.82) is 0 Å². The first-order valence-corrected chi connectivity index (χ1v) is 12.3. The van der Waals surface area contributed by atoms with Crippen LogP contribution in [-0.2, 0) is 22.4 Å². The van der Waals surface area contributed by atoms with Crippen molar-refractivity contribution in [3.8, 4) is 0 Å². The maximum atomic E-state index is 13.3. The Morgan fingerprint density at radius 3 is 2.83 bits per heavy atom. The van der Waals surface area contributed by atoms with Crippen LogP contribution in [-0.4, -0.2) is 57.0 Å². The number of nitrogens with one attached hydrogen (secondary N) is 1. The van der Waals surface area contributed by atoms with E-state index in [0.29, 0.717) is 30.5 Å². The molecule has 11 heteroatoms. The summed E-state index contributed by atoms with van der Waals surface area (Å²) >= 11 is 1.65. The van der Waals surface area contributed by atoms with E-state index in [1.54, 1.807) is 22.4 Å². The topological polar surface area (TPSA) is 143 Å². The summed E-state index contributed by atoms with van der Waals surface area (Å²) in [6, 6.07) is 3.13. The Bertz CT molecular complexity index is 1350. The SMILES string of the molecule is CC(C)c1csc(CCc2ccn3c(=O)c(C=CC(=O)O)c(N4CCNC(C(N)=O)C4)nc3c2)n1. The van der Waals surface area contributed by atoms with Gasteiger partial charge in [0.2, 0.25) is 5.91 Å². The standard InChI is InChI=1S/C24H28N6O4S/c1-14(2)18-13-35-20(27-18)5-3-15-7-9-30-19(11-15)28-23(16(24(30)34)4-6-21(31)32)29-10-8-26-17(12-29)22(25)33/h4,6-7,9,11,13-14,17,26H,3,5,8,10,12H2,1-2H3,(H2,25,33)(H,31,32). The third kappa shape index (κ3) is 5.57. The van der Waals surface area contributed by atoms with Gasteiger partial charge < -0.3 is 21.1 Å². The van der Waals surface area contributed by atoms with E-state index in [0.717, 1.165) is 35.2 Å². The number of hydrogen-bond acceptors (Lipinski definition) is 8. The van der Waals surface area contributed by atoms with Crippen LogP contribution in [0.3, 0.4) is 0 Å². The number of aromatic nitrogens is 3. The third-order valence-electron chi connectivity index (χ3n) is 5.91. The molecule has 3 aromatic rings. The molecule has 0 aliphatic carbocycles. The molecule has 1 aliphatic rings. The second-order valence-electron chi connectivity index (χ2n) is 8.76.